The Kier molecular flexibility index (Phi) is 5.83. The number of esters is 1. The molecule has 0 bridgehead atoms. The molecule has 0 aliphatic rings. The fourth-order valence-electron chi connectivity index (χ4n) is 1.28. The Balaban J connectivity index is 3.20. The lowest BCUT2D eigenvalue weighted by Gasteiger charge is -2.15. The normalized spacial score (nSPS) is 11.3. The molecule has 1 heterocycles. The topological polar surface area (TPSA) is 48.4 Å². The molecular weight excluding hydrogens is 446 g/mol. The maximum absolute atomic E-state index is 12.3. The molecule has 4 nitrogen and oxygen atoms in total. The second kappa shape index (κ2) is 6.73. The van der Waals surface area contributed by atoms with Gasteiger partial charge in [-0.05, 0) is 22.6 Å². The number of alkyl halides is 4. The third-order valence-corrected chi connectivity index (χ3v) is 3.15. The highest BCUT2D eigenvalue weighted by molar-refractivity contribution is 14.1. The molecule has 9 heteroatoms. The minimum atomic E-state index is -4.80. The Morgan fingerprint density at radius 2 is 2.16 bits per heavy atom. The Morgan fingerprint density at radius 3 is 2.63 bits per heavy atom. The van der Waals surface area contributed by atoms with E-state index in [0.717, 1.165) is 6.07 Å². The summed E-state index contributed by atoms with van der Waals surface area (Å²) >= 11 is 4.81. The van der Waals surface area contributed by atoms with Gasteiger partial charge in [-0.25, -0.2) is 4.98 Å². The minimum absolute atomic E-state index is 0.0780. The molecule has 0 N–H and O–H groups in total. The van der Waals surface area contributed by atoms with Gasteiger partial charge in [0.2, 0.25) is 0 Å². The summed E-state index contributed by atoms with van der Waals surface area (Å²) in [4.78, 5) is 15.2. The number of ether oxygens (including phenoxy) is 2. The first-order valence-corrected chi connectivity index (χ1v) is 7.03. The van der Waals surface area contributed by atoms with E-state index in [2.05, 4.69) is 30.4 Å². The molecule has 1 aromatic rings. The zero-order valence-electron chi connectivity index (χ0n) is 9.55. The zero-order valence-corrected chi connectivity index (χ0v) is 13.3. The van der Waals surface area contributed by atoms with Crippen LogP contribution in [0.25, 0.3) is 0 Å². The highest BCUT2D eigenvalue weighted by atomic mass is 127. The van der Waals surface area contributed by atoms with Crippen molar-refractivity contribution in [1.29, 1.82) is 0 Å². The van der Waals surface area contributed by atoms with E-state index in [1.54, 1.807) is 22.6 Å². The van der Waals surface area contributed by atoms with Crippen molar-refractivity contribution in [2.24, 2.45) is 0 Å². The number of hydrogen-bond donors (Lipinski definition) is 0. The van der Waals surface area contributed by atoms with Gasteiger partial charge in [-0.3, -0.25) is 4.79 Å². The van der Waals surface area contributed by atoms with Crippen molar-refractivity contribution in [3.05, 3.63) is 21.0 Å². The lowest BCUT2D eigenvalue weighted by atomic mass is 10.1. The fourth-order valence-corrected chi connectivity index (χ4v) is 2.45. The summed E-state index contributed by atoms with van der Waals surface area (Å²) in [7, 11) is 1.19. The molecule has 0 saturated carbocycles. The summed E-state index contributed by atoms with van der Waals surface area (Å²) < 4.78 is 45.6. The third-order valence-electron chi connectivity index (χ3n) is 2.04. The van der Waals surface area contributed by atoms with E-state index in [0.29, 0.717) is 3.70 Å². The van der Waals surface area contributed by atoms with Crippen LogP contribution in [0.2, 0.25) is 0 Å². The van der Waals surface area contributed by atoms with Gasteiger partial charge in [0.15, 0.2) is 0 Å². The van der Waals surface area contributed by atoms with Crippen LogP contribution >= 0.6 is 38.5 Å². The quantitative estimate of drug-likeness (QED) is 0.304. The number of carbonyl (C=O) groups is 1. The third kappa shape index (κ3) is 5.13. The molecule has 0 radical (unpaired) electrons. The van der Waals surface area contributed by atoms with Crippen LogP contribution in [0.4, 0.5) is 13.2 Å². The van der Waals surface area contributed by atoms with E-state index in [-0.39, 0.29) is 28.8 Å². The van der Waals surface area contributed by atoms with E-state index in [1.807, 2.05) is 0 Å². The van der Waals surface area contributed by atoms with Crippen molar-refractivity contribution in [2.75, 3.05) is 7.11 Å². The summed E-state index contributed by atoms with van der Waals surface area (Å²) in [5, 5.41) is 0.0780. The summed E-state index contributed by atoms with van der Waals surface area (Å²) in [6.07, 6.45) is -5.02. The van der Waals surface area contributed by atoms with Crippen molar-refractivity contribution in [3.8, 4) is 5.75 Å². The highest BCUT2D eigenvalue weighted by Gasteiger charge is 2.33. The van der Waals surface area contributed by atoms with Gasteiger partial charge in [0.25, 0.3) is 0 Å². The van der Waals surface area contributed by atoms with E-state index in [4.69, 9.17) is 0 Å². The number of nitrogens with zero attached hydrogens (tertiary/aromatic N) is 1. The molecule has 0 aliphatic carbocycles. The number of pyridine rings is 1. The van der Waals surface area contributed by atoms with Crippen LogP contribution in [-0.2, 0) is 21.3 Å². The van der Waals surface area contributed by atoms with Crippen LogP contribution in [0.3, 0.4) is 0 Å². The Labute approximate surface area is 128 Å². The number of hydrogen-bond acceptors (Lipinski definition) is 4. The Hall–Kier alpha value is -0.580. The molecule has 1 rings (SSSR count). The molecule has 1 aromatic heterocycles. The molecule has 0 fully saturated rings. The van der Waals surface area contributed by atoms with Crippen LogP contribution in [0.1, 0.15) is 11.3 Å². The van der Waals surface area contributed by atoms with Crippen LogP contribution < -0.4 is 4.74 Å². The molecule has 0 amide bonds. The largest absolute Gasteiger partial charge is 0.573 e. The first kappa shape index (κ1) is 16.5. The van der Waals surface area contributed by atoms with Gasteiger partial charge in [-0.1, -0.05) is 15.9 Å². The van der Waals surface area contributed by atoms with Gasteiger partial charge in [-0.15, -0.1) is 13.2 Å². The first-order valence-electron chi connectivity index (χ1n) is 4.83. The van der Waals surface area contributed by atoms with Gasteiger partial charge in [-0.2, -0.15) is 0 Å². The molecule has 0 aromatic carbocycles. The van der Waals surface area contributed by atoms with E-state index in [9.17, 15) is 18.0 Å². The molecule has 0 atom stereocenters. The average molecular weight is 454 g/mol. The molecule has 106 valence electrons. The standard InChI is InChI=1S/C10H8BrF3INO3/c1-18-9(17)2-6-5(4-11)7(3-8(15)16-6)19-10(12,13)14/h3H,2,4H2,1H3. The highest BCUT2D eigenvalue weighted by Crippen LogP contribution is 2.31. The number of carbonyl (C=O) groups excluding carboxylic acids is 1. The lowest BCUT2D eigenvalue weighted by molar-refractivity contribution is -0.274. The van der Waals surface area contributed by atoms with Gasteiger partial charge in [0, 0.05) is 17.0 Å². The number of halogens is 5. The van der Waals surface area contributed by atoms with Crippen LogP contribution in [0.15, 0.2) is 6.07 Å². The Morgan fingerprint density at radius 1 is 1.53 bits per heavy atom. The minimum Gasteiger partial charge on any atom is -0.469 e. The SMILES string of the molecule is COC(=O)Cc1nc(I)cc(OC(F)(F)F)c1CBr. The zero-order chi connectivity index (χ0) is 14.6. The van der Waals surface area contributed by atoms with Crippen molar-refractivity contribution in [3.63, 3.8) is 0 Å². The van der Waals surface area contributed by atoms with Gasteiger partial charge in [0.05, 0.1) is 19.2 Å². The molecule has 0 saturated heterocycles. The Bertz CT molecular complexity index is 482. The summed E-state index contributed by atoms with van der Waals surface area (Å²) in [5.41, 5.74) is 0.359. The van der Waals surface area contributed by atoms with Crippen molar-refractivity contribution in [1.82, 2.24) is 4.98 Å². The van der Waals surface area contributed by atoms with Crippen LogP contribution in [-0.4, -0.2) is 24.4 Å². The van der Waals surface area contributed by atoms with Gasteiger partial charge in [0.1, 0.15) is 9.45 Å². The predicted molar refractivity (Wildman–Crippen MR) is 72.0 cm³/mol. The van der Waals surface area contributed by atoms with Crippen molar-refractivity contribution < 1.29 is 27.4 Å². The monoisotopic (exact) mass is 453 g/mol. The second-order valence-corrected chi connectivity index (χ2v) is 4.97. The molecular formula is C10H8BrF3INO3. The lowest BCUT2D eigenvalue weighted by Crippen LogP contribution is -2.19. The van der Waals surface area contributed by atoms with Crippen molar-refractivity contribution in [2.45, 2.75) is 18.1 Å². The molecule has 0 aliphatic heterocycles. The smallest absolute Gasteiger partial charge is 0.469 e. The maximum Gasteiger partial charge on any atom is 0.573 e. The van der Waals surface area contributed by atoms with Gasteiger partial charge < -0.3 is 9.47 Å². The summed E-state index contributed by atoms with van der Waals surface area (Å²) in [5.74, 6) is -0.961. The number of methoxy groups -OCH3 is 1. The fraction of sp³-hybridized carbons (Fsp3) is 0.400. The van der Waals surface area contributed by atoms with E-state index < -0.39 is 12.3 Å². The first-order chi connectivity index (χ1) is 8.76. The number of rotatable bonds is 4. The molecule has 0 unspecified atom stereocenters. The van der Waals surface area contributed by atoms with Crippen molar-refractivity contribution >= 4 is 44.5 Å². The van der Waals surface area contributed by atoms with Crippen LogP contribution in [0, 0.1) is 3.70 Å². The summed E-state index contributed by atoms with van der Waals surface area (Å²) in [6, 6.07) is 1.16. The van der Waals surface area contributed by atoms with Gasteiger partial charge >= 0.3 is 12.3 Å². The molecule has 19 heavy (non-hydrogen) atoms. The molecule has 0 spiro atoms. The maximum atomic E-state index is 12.3. The second-order valence-electron chi connectivity index (χ2n) is 3.30. The summed E-state index contributed by atoms with van der Waals surface area (Å²) in [6.45, 7) is 0. The number of aromatic nitrogens is 1. The van der Waals surface area contributed by atoms with E-state index in [1.165, 1.54) is 7.11 Å². The van der Waals surface area contributed by atoms with Crippen LogP contribution in [0.5, 0.6) is 5.75 Å². The average Bonchev–Trinajstić information content (AvgIpc) is 2.26. The van der Waals surface area contributed by atoms with E-state index >= 15 is 0 Å². The predicted octanol–water partition coefficient (Wildman–Crippen LogP) is 3.20.